The molecule has 11 nitrogen and oxygen atoms in total. The number of phenols is 1. The van der Waals surface area contributed by atoms with Crippen LogP contribution in [-0.2, 0) is 27.4 Å². The predicted octanol–water partition coefficient (Wildman–Crippen LogP) is 3.36. The highest BCUT2D eigenvalue weighted by molar-refractivity contribution is 7.97. The second-order valence-corrected chi connectivity index (χ2v) is 9.64. The number of benzene rings is 2. The van der Waals surface area contributed by atoms with Crippen LogP contribution in [-0.4, -0.2) is 59.3 Å². The van der Waals surface area contributed by atoms with E-state index in [1.54, 1.807) is 47.9 Å². The number of ketones is 1. The number of nitrogens with zero attached hydrogens (tertiary/aromatic N) is 2. The number of carbonyl (C=O) groups is 3. The van der Waals surface area contributed by atoms with E-state index in [1.165, 1.54) is 18.9 Å². The minimum absolute atomic E-state index is 0.0151. The number of guanidine groups is 1. The maximum Gasteiger partial charge on any atom is 0.315 e. The lowest BCUT2D eigenvalue weighted by molar-refractivity contribution is -0.147. The van der Waals surface area contributed by atoms with E-state index in [-0.39, 0.29) is 18.1 Å². The fraction of sp³-hybridized carbons (Fsp3) is 0.407. The average molecular weight is 559 g/mol. The van der Waals surface area contributed by atoms with Crippen LogP contribution in [0.5, 0.6) is 17.2 Å². The number of phenolic OH excluding ortho intramolecular Hbond substituents is 1. The van der Waals surface area contributed by atoms with Crippen molar-refractivity contribution in [2.45, 2.75) is 46.1 Å². The van der Waals surface area contributed by atoms with Gasteiger partial charge in [-0.1, -0.05) is 25.5 Å². The molecule has 0 fully saturated rings. The van der Waals surface area contributed by atoms with Crippen molar-refractivity contribution in [1.29, 1.82) is 0 Å². The first-order valence-corrected chi connectivity index (χ1v) is 13.5. The van der Waals surface area contributed by atoms with Crippen molar-refractivity contribution >= 4 is 35.6 Å². The molecule has 1 aliphatic heterocycles. The molecule has 2 aromatic carbocycles. The first-order chi connectivity index (χ1) is 18.8. The molecule has 0 aromatic heterocycles. The summed E-state index contributed by atoms with van der Waals surface area (Å²) in [5, 5.41) is 13.1. The van der Waals surface area contributed by atoms with Gasteiger partial charge in [0.15, 0.2) is 5.78 Å². The number of esters is 1. The summed E-state index contributed by atoms with van der Waals surface area (Å²) in [6.45, 7) is 4.17. The van der Waals surface area contributed by atoms with Gasteiger partial charge in [0.2, 0.25) is 11.9 Å². The summed E-state index contributed by atoms with van der Waals surface area (Å²) in [5.41, 5.74) is 4.74. The van der Waals surface area contributed by atoms with E-state index in [4.69, 9.17) is 14.2 Å². The lowest BCUT2D eigenvalue weighted by Gasteiger charge is -2.19. The van der Waals surface area contributed by atoms with E-state index >= 15 is 0 Å². The molecule has 12 heteroatoms. The summed E-state index contributed by atoms with van der Waals surface area (Å²) in [5.74, 6) is 0.846. The van der Waals surface area contributed by atoms with Crippen molar-refractivity contribution in [3.8, 4) is 17.2 Å². The first kappa shape index (κ1) is 29.8. The number of rotatable bonds is 14. The van der Waals surface area contributed by atoms with Crippen LogP contribution in [0.2, 0.25) is 0 Å². The fourth-order valence-corrected chi connectivity index (χ4v) is 4.48. The Labute approximate surface area is 232 Å². The molecular formula is C27H34N4O7S. The summed E-state index contributed by atoms with van der Waals surface area (Å²) in [4.78, 5) is 40.3. The zero-order chi connectivity index (χ0) is 28.2. The Balaban J connectivity index is 1.38. The molecule has 0 spiro atoms. The largest absolute Gasteiger partial charge is 0.507 e. The minimum atomic E-state index is -0.643. The number of amides is 1. The van der Waals surface area contributed by atoms with Crippen molar-refractivity contribution in [1.82, 2.24) is 15.2 Å². The zero-order valence-corrected chi connectivity index (χ0v) is 23.1. The lowest BCUT2D eigenvalue weighted by Crippen LogP contribution is -2.43. The van der Waals surface area contributed by atoms with Gasteiger partial charge in [-0.15, -0.1) is 0 Å². The molecule has 0 saturated heterocycles. The van der Waals surface area contributed by atoms with Gasteiger partial charge in [-0.3, -0.25) is 19.7 Å². The summed E-state index contributed by atoms with van der Waals surface area (Å²) in [6, 6.07) is 10.4. The second kappa shape index (κ2) is 15.0. The van der Waals surface area contributed by atoms with Crippen LogP contribution in [0.1, 0.15) is 54.6 Å². The van der Waals surface area contributed by atoms with Crippen LogP contribution in [0.15, 0.2) is 41.4 Å². The number of hydrogen-bond acceptors (Lipinski definition) is 11. The topological polar surface area (TPSA) is 139 Å². The quantitative estimate of drug-likeness (QED) is 0.104. The van der Waals surface area contributed by atoms with Gasteiger partial charge in [-0.05, 0) is 61.5 Å². The summed E-state index contributed by atoms with van der Waals surface area (Å²) in [6.07, 6.45) is 1.64. The molecule has 0 unspecified atom stereocenters. The van der Waals surface area contributed by atoms with Crippen LogP contribution in [0, 0.1) is 0 Å². The molecule has 0 atom stereocenters. The van der Waals surface area contributed by atoms with Crippen LogP contribution in [0.3, 0.4) is 0 Å². The standard InChI is InChI=1S/C27H34N4O7S/c1-4-6-22-23(12-11-21(18(2)32)26(22)35)37-13-5-14-39-31-27(28-17-29-31)30-24(33)15-25(34)38-16-19-7-9-20(36-3)10-8-19/h7-12,29,35H,4-6,13-17H2,1-3H3,(H,28,30,33). The average Bonchev–Trinajstić information content (AvgIpc) is 3.35. The van der Waals surface area contributed by atoms with Gasteiger partial charge in [0.05, 0.1) is 19.3 Å². The summed E-state index contributed by atoms with van der Waals surface area (Å²) < 4.78 is 17.8. The van der Waals surface area contributed by atoms with Gasteiger partial charge in [0.25, 0.3) is 0 Å². The number of nitrogens with one attached hydrogen (secondary N) is 2. The molecule has 0 radical (unpaired) electrons. The fourth-order valence-electron chi connectivity index (χ4n) is 3.67. The number of hydrogen-bond donors (Lipinski definition) is 3. The third kappa shape index (κ3) is 8.89. The van der Waals surface area contributed by atoms with Gasteiger partial charge < -0.3 is 19.3 Å². The van der Waals surface area contributed by atoms with Crippen LogP contribution < -0.4 is 20.2 Å². The molecule has 3 N–H and O–H groups in total. The smallest absolute Gasteiger partial charge is 0.315 e. The minimum Gasteiger partial charge on any atom is -0.507 e. The molecule has 2 aromatic rings. The molecule has 0 saturated carbocycles. The molecule has 3 rings (SSSR count). The van der Waals surface area contributed by atoms with E-state index in [0.717, 1.165) is 12.0 Å². The maximum absolute atomic E-state index is 12.3. The van der Waals surface area contributed by atoms with Gasteiger partial charge in [0.1, 0.15) is 36.9 Å². The predicted molar refractivity (Wildman–Crippen MR) is 148 cm³/mol. The van der Waals surface area contributed by atoms with Gasteiger partial charge in [-0.25, -0.2) is 9.41 Å². The Morgan fingerprint density at radius 2 is 1.95 bits per heavy atom. The first-order valence-electron chi connectivity index (χ1n) is 12.6. The van der Waals surface area contributed by atoms with Crippen LogP contribution in [0.25, 0.3) is 0 Å². The monoisotopic (exact) mass is 558 g/mol. The normalized spacial score (nSPS) is 12.6. The highest BCUT2D eigenvalue weighted by Gasteiger charge is 2.21. The van der Waals surface area contributed by atoms with E-state index in [1.807, 2.05) is 6.92 Å². The number of hydrazine groups is 1. The molecule has 39 heavy (non-hydrogen) atoms. The molecule has 0 bridgehead atoms. The number of methoxy groups -OCH3 is 1. The van der Waals surface area contributed by atoms with Crippen molar-refractivity contribution in [3.05, 3.63) is 53.1 Å². The number of ether oxygens (including phenoxy) is 3. The van der Waals surface area contributed by atoms with Gasteiger partial charge in [0, 0.05) is 11.3 Å². The van der Waals surface area contributed by atoms with Gasteiger partial charge >= 0.3 is 5.97 Å². The SMILES string of the molecule is CCCc1c(OCCCSN2NCN=C2NC(=O)CC(=O)OCc2ccc(OC)cc2)ccc(C(C)=O)c1O. The molecule has 1 aliphatic rings. The summed E-state index contributed by atoms with van der Waals surface area (Å²) in [7, 11) is 1.57. The highest BCUT2D eigenvalue weighted by atomic mass is 32.2. The highest BCUT2D eigenvalue weighted by Crippen LogP contribution is 2.33. The Morgan fingerprint density at radius 3 is 2.64 bits per heavy atom. The Kier molecular flexibility index (Phi) is 11.4. The number of Topliss-reactive ketones (excluding diaryl/α,β-unsaturated/α-hetero) is 1. The van der Waals surface area contributed by atoms with E-state index in [0.29, 0.717) is 60.5 Å². The Morgan fingerprint density at radius 1 is 1.18 bits per heavy atom. The Hall–Kier alpha value is -3.77. The number of aromatic hydroxyl groups is 1. The van der Waals surface area contributed by atoms with Crippen molar-refractivity contribution < 1.29 is 33.7 Å². The number of carbonyl (C=O) groups excluding carboxylic acids is 3. The zero-order valence-electron chi connectivity index (χ0n) is 22.3. The van der Waals surface area contributed by atoms with E-state index in [2.05, 4.69) is 15.7 Å². The van der Waals surface area contributed by atoms with Crippen molar-refractivity contribution in [2.75, 3.05) is 26.1 Å². The second-order valence-electron chi connectivity index (χ2n) is 8.61. The van der Waals surface area contributed by atoms with E-state index < -0.39 is 18.3 Å². The van der Waals surface area contributed by atoms with Crippen LogP contribution >= 0.6 is 11.9 Å². The van der Waals surface area contributed by atoms with Crippen LogP contribution in [0.4, 0.5) is 0 Å². The molecule has 1 amide bonds. The number of aliphatic imine (C=N–C) groups is 1. The van der Waals surface area contributed by atoms with E-state index in [9.17, 15) is 19.5 Å². The van der Waals surface area contributed by atoms with Crippen molar-refractivity contribution in [2.24, 2.45) is 4.99 Å². The maximum atomic E-state index is 12.3. The molecular weight excluding hydrogens is 524 g/mol. The Bertz CT molecular complexity index is 1190. The molecule has 0 aliphatic carbocycles. The third-order valence-corrected chi connectivity index (χ3v) is 6.67. The molecule has 1 heterocycles. The van der Waals surface area contributed by atoms with Gasteiger partial charge in [-0.2, -0.15) is 5.43 Å². The third-order valence-electron chi connectivity index (χ3n) is 5.64. The summed E-state index contributed by atoms with van der Waals surface area (Å²) >= 11 is 1.40. The van der Waals surface area contributed by atoms with Crippen molar-refractivity contribution in [3.63, 3.8) is 0 Å². The molecule has 210 valence electrons. The lowest BCUT2D eigenvalue weighted by atomic mass is 10.0.